The SMILES string of the molecule is COc1ccc(NCC(O)CCl)c2c(OC)cccc12. The molecule has 4 nitrogen and oxygen atoms in total. The first-order chi connectivity index (χ1) is 9.71. The van der Waals surface area contributed by atoms with Crippen molar-refractivity contribution in [3.63, 3.8) is 0 Å². The van der Waals surface area contributed by atoms with E-state index in [9.17, 15) is 5.11 Å². The Hall–Kier alpha value is -1.65. The number of anilines is 1. The van der Waals surface area contributed by atoms with Crippen molar-refractivity contribution in [2.45, 2.75) is 6.10 Å². The third-order valence-electron chi connectivity index (χ3n) is 3.11. The number of rotatable bonds is 6. The fourth-order valence-electron chi connectivity index (χ4n) is 2.12. The van der Waals surface area contributed by atoms with Gasteiger partial charge in [0.1, 0.15) is 11.5 Å². The molecule has 0 saturated heterocycles. The average molecular weight is 296 g/mol. The predicted octanol–water partition coefficient (Wildman–Crippen LogP) is 2.87. The third-order valence-corrected chi connectivity index (χ3v) is 3.46. The van der Waals surface area contributed by atoms with Crippen molar-refractivity contribution in [1.82, 2.24) is 0 Å². The second-order valence-electron chi connectivity index (χ2n) is 4.39. The van der Waals surface area contributed by atoms with Crippen LogP contribution >= 0.6 is 11.6 Å². The lowest BCUT2D eigenvalue weighted by atomic mass is 10.1. The van der Waals surface area contributed by atoms with Gasteiger partial charge in [0.2, 0.25) is 0 Å². The van der Waals surface area contributed by atoms with Gasteiger partial charge in [-0.3, -0.25) is 0 Å². The summed E-state index contributed by atoms with van der Waals surface area (Å²) in [5.74, 6) is 1.73. The van der Waals surface area contributed by atoms with Gasteiger partial charge in [0.15, 0.2) is 0 Å². The number of ether oxygens (including phenoxy) is 2. The molecule has 0 aliphatic heterocycles. The van der Waals surface area contributed by atoms with Gasteiger partial charge in [0, 0.05) is 17.6 Å². The summed E-state index contributed by atoms with van der Waals surface area (Å²) in [7, 11) is 3.27. The molecule has 20 heavy (non-hydrogen) atoms. The molecule has 0 saturated carbocycles. The molecular weight excluding hydrogens is 278 g/mol. The number of halogens is 1. The molecule has 0 aliphatic carbocycles. The maximum absolute atomic E-state index is 9.57. The lowest BCUT2D eigenvalue weighted by molar-refractivity contribution is 0.211. The van der Waals surface area contributed by atoms with E-state index in [-0.39, 0.29) is 5.88 Å². The number of fused-ring (bicyclic) bond motifs is 1. The molecule has 2 N–H and O–H groups in total. The number of aliphatic hydroxyl groups excluding tert-OH is 1. The molecule has 1 atom stereocenters. The number of nitrogens with one attached hydrogen (secondary N) is 1. The molecular formula is C15H18ClNO3. The van der Waals surface area contributed by atoms with Crippen LogP contribution < -0.4 is 14.8 Å². The summed E-state index contributed by atoms with van der Waals surface area (Å²) in [4.78, 5) is 0. The van der Waals surface area contributed by atoms with Gasteiger partial charge in [-0.15, -0.1) is 11.6 Å². The summed E-state index contributed by atoms with van der Waals surface area (Å²) < 4.78 is 10.8. The third kappa shape index (κ3) is 2.92. The van der Waals surface area contributed by atoms with Crippen molar-refractivity contribution >= 4 is 28.1 Å². The molecule has 2 aromatic rings. The molecule has 0 spiro atoms. The smallest absolute Gasteiger partial charge is 0.128 e. The lowest BCUT2D eigenvalue weighted by Crippen LogP contribution is -2.20. The highest BCUT2D eigenvalue weighted by Crippen LogP contribution is 2.37. The largest absolute Gasteiger partial charge is 0.496 e. The van der Waals surface area contributed by atoms with E-state index < -0.39 is 6.10 Å². The molecule has 0 aromatic heterocycles. The highest BCUT2D eigenvalue weighted by molar-refractivity contribution is 6.18. The van der Waals surface area contributed by atoms with Gasteiger partial charge in [-0.25, -0.2) is 0 Å². The summed E-state index contributed by atoms with van der Waals surface area (Å²) in [6.07, 6.45) is -0.594. The van der Waals surface area contributed by atoms with Gasteiger partial charge in [0.05, 0.1) is 31.6 Å². The minimum absolute atomic E-state index is 0.193. The summed E-state index contributed by atoms with van der Waals surface area (Å²) in [5.41, 5.74) is 0.877. The lowest BCUT2D eigenvalue weighted by Gasteiger charge is -2.16. The van der Waals surface area contributed by atoms with Gasteiger partial charge < -0.3 is 19.9 Å². The predicted molar refractivity (Wildman–Crippen MR) is 82.3 cm³/mol. The number of methoxy groups -OCH3 is 2. The van der Waals surface area contributed by atoms with Crippen LogP contribution in [0.4, 0.5) is 5.69 Å². The first-order valence-corrected chi connectivity index (χ1v) is 6.86. The standard InChI is InChI=1S/C15H18ClNO3/c1-19-13-7-6-12(17-9-10(18)8-16)15-11(13)4-3-5-14(15)20-2/h3-7,10,17-18H,8-9H2,1-2H3. The van der Waals surface area contributed by atoms with Crippen molar-refractivity contribution in [2.24, 2.45) is 0 Å². The van der Waals surface area contributed by atoms with Crippen LogP contribution in [0.5, 0.6) is 11.5 Å². The van der Waals surface area contributed by atoms with Crippen LogP contribution in [0.15, 0.2) is 30.3 Å². The zero-order valence-electron chi connectivity index (χ0n) is 11.5. The summed E-state index contributed by atoms with van der Waals surface area (Å²) in [5, 5.41) is 14.6. The zero-order valence-corrected chi connectivity index (χ0v) is 12.3. The van der Waals surface area contributed by atoms with Crippen LogP contribution in [-0.4, -0.2) is 37.9 Å². The van der Waals surface area contributed by atoms with E-state index in [1.165, 1.54) is 0 Å². The normalized spacial score (nSPS) is 12.2. The van der Waals surface area contributed by atoms with Crippen molar-refractivity contribution in [2.75, 3.05) is 32.0 Å². The fraction of sp³-hybridized carbons (Fsp3) is 0.333. The molecule has 0 heterocycles. The summed E-state index contributed by atoms with van der Waals surface area (Å²) >= 11 is 5.61. The minimum atomic E-state index is -0.594. The van der Waals surface area contributed by atoms with Crippen molar-refractivity contribution in [3.05, 3.63) is 30.3 Å². The first kappa shape index (κ1) is 14.8. The molecule has 2 rings (SSSR count). The fourth-order valence-corrected chi connectivity index (χ4v) is 2.23. The van der Waals surface area contributed by atoms with Crippen molar-refractivity contribution in [3.8, 4) is 11.5 Å². The second kappa shape index (κ2) is 6.68. The van der Waals surface area contributed by atoms with Crippen LogP contribution in [-0.2, 0) is 0 Å². The molecule has 0 aliphatic rings. The Kier molecular flexibility index (Phi) is 4.93. The summed E-state index contributed by atoms with van der Waals surface area (Å²) in [6, 6.07) is 9.58. The van der Waals surface area contributed by atoms with Gasteiger partial charge >= 0.3 is 0 Å². The molecule has 0 fully saturated rings. The molecule has 5 heteroatoms. The number of aliphatic hydroxyl groups is 1. The average Bonchev–Trinajstić information content (AvgIpc) is 2.51. The molecule has 2 aromatic carbocycles. The molecule has 0 amide bonds. The zero-order chi connectivity index (χ0) is 14.5. The van der Waals surface area contributed by atoms with E-state index in [0.717, 1.165) is 28.0 Å². The molecule has 0 radical (unpaired) electrons. The van der Waals surface area contributed by atoms with Crippen LogP contribution in [0, 0.1) is 0 Å². The van der Waals surface area contributed by atoms with E-state index in [0.29, 0.717) is 6.54 Å². The maximum atomic E-state index is 9.57. The monoisotopic (exact) mass is 295 g/mol. The first-order valence-electron chi connectivity index (χ1n) is 6.32. The van der Waals surface area contributed by atoms with Gasteiger partial charge in [0.25, 0.3) is 0 Å². The molecule has 0 bridgehead atoms. The van der Waals surface area contributed by atoms with E-state index in [1.807, 2.05) is 30.3 Å². The number of alkyl halides is 1. The Morgan fingerprint density at radius 3 is 2.55 bits per heavy atom. The van der Waals surface area contributed by atoms with Crippen LogP contribution in [0.1, 0.15) is 0 Å². The second-order valence-corrected chi connectivity index (χ2v) is 4.70. The molecule has 108 valence electrons. The summed E-state index contributed by atoms with van der Waals surface area (Å²) in [6.45, 7) is 0.378. The van der Waals surface area contributed by atoms with E-state index in [1.54, 1.807) is 14.2 Å². The Morgan fingerprint density at radius 1 is 1.15 bits per heavy atom. The van der Waals surface area contributed by atoms with E-state index >= 15 is 0 Å². The van der Waals surface area contributed by atoms with Crippen molar-refractivity contribution < 1.29 is 14.6 Å². The number of benzene rings is 2. The van der Waals surface area contributed by atoms with E-state index in [2.05, 4.69) is 5.32 Å². The Morgan fingerprint density at radius 2 is 1.90 bits per heavy atom. The highest BCUT2D eigenvalue weighted by atomic mass is 35.5. The Balaban J connectivity index is 2.49. The highest BCUT2D eigenvalue weighted by Gasteiger charge is 2.12. The van der Waals surface area contributed by atoms with Crippen LogP contribution in [0.3, 0.4) is 0 Å². The Bertz CT molecular complexity index is 589. The van der Waals surface area contributed by atoms with Gasteiger partial charge in [-0.05, 0) is 18.2 Å². The topological polar surface area (TPSA) is 50.7 Å². The maximum Gasteiger partial charge on any atom is 0.128 e. The van der Waals surface area contributed by atoms with Gasteiger partial charge in [-0.1, -0.05) is 12.1 Å². The van der Waals surface area contributed by atoms with Gasteiger partial charge in [-0.2, -0.15) is 0 Å². The number of hydrogen-bond donors (Lipinski definition) is 2. The minimum Gasteiger partial charge on any atom is -0.496 e. The van der Waals surface area contributed by atoms with Crippen LogP contribution in [0.2, 0.25) is 0 Å². The van der Waals surface area contributed by atoms with Crippen LogP contribution in [0.25, 0.3) is 10.8 Å². The van der Waals surface area contributed by atoms with E-state index in [4.69, 9.17) is 21.1 Å². The van der Waals surface area contributed by atoms with Crippen molar-refractivity contribution in [1.29, 1.82) is 0 Å². The Labute approximate surface area is 123 Å². The quantitative estimate of drug-likeness (QED) is 0.805. The number of hydrogen-bond acceptors (Lipinski definition) is 4. The molecule has 1 unspecified atom stereocenters.